The zero-order valence-electron chi connectivity index (χ0n) is 8.67. The van der Waals surface area contributed by atoms with Gasteiger partial charge in [0, 0.05) is 17.0 Å². The third kappa shape index (κ3) is 2.78. The van der Waals surface area contributed by atoms with Crippen molar-refractivity contribution in [2.24, 2.45) is 0 Å². The highest BCUT2D eigenvalue weighted by Crippen LogP contribution is 2.27. The molecule has 0 aliphatic carbocycles. The van der Waals surface area contributed by atoms with E-state index >= 15 is 0 Å². The monoisotopic (exact) mass is 265 g/mol. The maximum atomic E-state index is 10.5. The van der Waals surface area contributed by atoms with Crippen molar-refractivity contribution in [2.45, 2.75) is 4.90 Å². The van der Waals surface area contributed by atoms with Gasteiger partial charge < -0.3 is 0 Å². The molecule has 0 spiro atoms. The van der Waals surface area contributed by atoms with Gasteiger partial charge in [0.1, 0.15) is 0 Å². The van der Waals surface area contributed by atoms with Crippen molar-refractivity contribution in [2.75, 3.05) is 0 Å². The molecule has 0 atom stereocenters. The summed E-state index contributed by atoms with van der Waals surface area (Å²) in [7, 11) is 6.78. The van der Waals surface area contributed by atoms with E-state index in [2.05, 4.69) is 0 Å². The van der Waals surface area contributed by atoms with Crippen molar-refractivity contribution in [1.82, 2.24) is 0 Å². The first-order chi connectivity index (χ1) is 8.20. The number of nitro benzene ring substituents is 1. The van der Waals surface area contributed by atoms with Crippen LogP contribution in [0.1, 0.15) is 0 Å². The summed E-state index contributed by atoms with van der Waals surface area (Å²) in [6, 6.07) is 14.2. The van der Waals surface area contributed by atoms with Crippen LogP contribution in [0.3, 0.4) is 0 Å². The molecule has 0 N–H and O–H groups in total. The number of rotatable bonds is 3. The molecule has 0 amide bonds. The van der Waals surface area contributed by atoms with Crippen LogP contribution < -0.4 is 0 Å². The fourth-order valence-corrected chi connectivity index (χ4v) is 2.02. The van der Waals surface area contributed by atoms with Crippen LogP contribution in [-0.2, 0) is 0 Å². The molecule has 0 saturated heterocycles. The maximum Gasteiger partial charge on any atom is 0.269 e. The molecule has 0 heterocycles. The lowest BCUT2D eigenvalue weighted by Gasteiger charge is -2.02. The van der Waals surface area contributed by atoms with Crippen molar-refractivity contribution in [3.8, 4) is 11.1 Å². The van der Waals surface area contributed by atoms with E-state index in [4.69, 9.17) is 10.7 Å². The minimum atomic E-state index is -0.406. The van der Waals surface area contributed by atoms with Gasteiger partial charge in [-0.25, -0.2) is 0 Å². The predicted molar refractivity (Wildman–Crippen MR) is 70.2 cm³/mol. The van der Waals surface area contributed by atoms with Gasteiger partial charge in [0.25, 0.3) is 5.69 Å². The Balaban J connectivity index is 2.29. The number of hydrogen-bond donors (Lipinski definition) is 0. The molecule has 2 rings (SSSR count). The molecule has 0 aliphatic heterocycles. The lowest BCUT2D eigenvalue weighted by molar-refractivity contribution is -0.384. The van der Waals surface area contributed by atoms with Crippen LogP contribution in [0.4, 0.5) is 5.69 Å². The van der Waals surface area contributed by atoms with Crippen molar-refractivity contribution < 1.29 is 4.92 Å². The second-order valence-electron chi connectivity index (χ2n) is 3.41. The number of benzene rings is 2. The van der Waals surface area contributed by atoms with Crippen LogP contribution in [0.25, 0.3) is 11.1 Å². The van der Waals surface area contributed by atoms with Crippen LogP contribution in [0.2, 0.25) is 0 Å². The number of nitrogens with zero attached hydrogens (tertiary/aromatic N) is 1. The third-order valence-corrected chi connectivity index (χ3v) is 3.34. The van der Waals surface area contributed by atoms with E-state index in [9.17, 15) is 10.1 Å². The first kappa shape index (κ1) is 12.0. The van der Waals surface area contributed by atoms with Gasteiger partial charge in [0.15, 0.2) is 0 Å². The van der Waals surface area contributed by atoms with Crippen LogP contribution in [-0.4, -0.2) is 4.92 Å². The van der Waals surface area contributed by atoms with E-state index in [-0.39, 0.29) is 5.69 Å². The smallest absolute Gasteiger partial charge is 0.258 e. The summed E-state index contributed by atoms with van der Waals surface area (Å²) >= 11 is 0. The van der Waals surface area contributed by atoms with Gasteiger partial charge in [0.05, 0.1) is 4.92 Å². The predicted octanol–water partition coefficient (Wildman–Crippen LogP) is 4.51. The van der Waals surface area contributed by atoms with E-state index in [1.54, 1.807) is 12.1 Å². The zero-order chi connectivity index (χ0) is 12.3. The summed E-state index contributed by atoms with van der Waals surface area (Å²) in [5.74, 6) is 0. The first-order valence-corrected chi connectivity index (χ1v) is 6.48. The summed E-state index contributed by atoms with van der Waals surface area (Å²) in [5, 5.41) is 10.5. The van der Waals surface area contributed by atoms with Crippen molar-refractivity contribution >= 4 is 27.3 Å². The quantitative estimate of drug-likeness (QED) is 0.606. The number of hydrogen-bond acceptors (Lipinski definition) is 3. The highest BCUT2D eigenvalue weighted by molar-refractivity contribution is 8.21. The molecule has 2 aromatic carbocycles. The Morgan fingerprint density at radius 3 is 1.82 bits per heavy atom. The van der Waals surface area contributed by atoms with Gasteiger partial charge in [-0.15, -0.1) is 0 Å². The van der Waals surface area contributed by atoms with Crippen LogP contribution in [0, 0.1) is 10.1 Å². The van der Waals surface area contributed by atoms with Crippen molar-refractivity contribution in [3.05, 3.63) is 58.6 Å². The summed E-state index contributed by atoms with van der Waals surface area (Å²) in [6.07, 6.45) is 0. The van der Waals surface area contributed by atoms with Gasteiger partial charge in [-0.3, -0.25) is 10.1 Å². The Bertz CT molecular complexity index is 525. The van der Waals surface area contributed by atoms with E-state index in [0.717, 1.165) is 27.0 Å². The fraction of sp³-hybridized carbons (Fsp3) is 0. The van der Waals surface area contributed by atoms with Crippen molar-refractivity contribution in [3.63, 3.8) is 0 Å². The molecule has 86 valence electrons. The molecule has 5 heteroatoms. The lowest BCUT2D eigenvalue weighted by Crippen LogP contribution is -1.87. The van der Waals surface area contributed by atoms with E-state index < -0.39 is 4.92 Å². The Morgan fingerprint density at radius 2 is 1.41 bits per heavy atom. The molecule has 3 nitrogen and oxygen atoms in total. The standard InChI is InChI=1S/C12H8ClNO2S/c13-17-12-7-3-10(4-8-12)9-1-5-11(6-2-9)14(15)16/h1-8H. The second-order valence-corrected chi connectivity index (χ2v) is 4.49. The minimum absolute atomic E-state index is 0.0988. The minimum Gasteiger partial charge on any atom is -0.258 e. The Labute approximate surface area is 107 Å². The first-order valence-electron chi connectivity index (χ1n) is 4.84. The second kappa shape index (κ2) is 5.21. The van der Waals surface area contributed by atoms with Crippen LogP contribution >= 0.6 is 21.7 Å². The molecule has 0 aliphatic rings. The van der Waals surface area contributed by atoms with Gasteiger partial charge in [-0.2, -0.15) is 0 Å². The number of nitro groups is 1. The van der Waals surface area contributed by atoms with Crippen molar-refractivity contribution in [1.29, 1.82) is 0 Å². The van der Waals surface area contributed by atoms with Gasteiger partial charge in [-0.1, -0.05) is 12.1 Å². The Kier molecular flexibility index (Phi) is 3.66. The highest BCUT2D eigenvalue weighted by atomic mass is 35.7. The Hall–Kier alpha value is -1.52. The largest absolute Gasteiger partial charge is 0.269 e. The zero-order valence-corrected chi connectivity index (χ0v) is 10.2. The molecule has 0 bridgehead atoms. The molecule has 2 aromatic rings. The summed E-state index contributed by atoms with van der Waals surface area (Å²) in [5.41, 5.74) is 2.05. The highest BCUT2D eigenvalue weighted by Gasteiger charge is 2.04. The SMILES string of the molecule is O=[N+]([O-])c1ccc(-c2ccc(SCl)cc2)cc1. The van der Waals surface area contributed by atoms with Crippen LogP contribution in [0.15, 0.2) is 53.4 Å². The molecule has 0 fully saturated rings. The molecule has 0 radical (unpaired) electrons. The summed E-state index contributed by atoms with van der Waals surface area (Å²) < 4.78 is 0. The van der Waals surface area contributed by atoms with E-state index in [1.165, 1.54) is 12.1 Å². The van der Waals surface area contributed by atoms with Crippen LogP contribution in [0.5, 0.6) is 0 Å². The van der Waals surface area contributed by atoms with E-state index in [1.807, 2.05) is 24.3 Å². The summed E-state index contributed by atoms with van der Waals surface area (Å²) in [6.45, 7) is 0. The average molecular weight is 266 g/mol. The van der Waals surface area contributed by atoms with Gasteiger partial charge in [-0.05, 0) is 57.1 Å². The molecule has 17 heavy (non-hydrogen) atoms. The maximum absolute atomic E-state index is 10.5. The summed E-state index contributed by atoms with van der Waals surface area (Å²) in [4.78, 5) is 11.1. The average Bonchev–Trinajstić information content (AvgIpc) is 2.39. The lowest BCUT2D eigenvalue weighted by atomic mass is 10.1. The van der Waals surface area contributed by atoms with Gasteiger partial charge >= 0.3 is 0 Å². The van der Waals surface area contributed by atoms with E-state index in [0.29, 0.717) is 0 Å². The molecule has 0 saturated carbocycles. The molecular formula is C12H8ClNO2S. The van der Waals surface area contributed by atoms with Gasteiger partial charge in [0.2, 0.25) is 0 Å². The Morgan fingerprint density at radius 1 is 0.941 bits per heavy atom. The molecular weight excluding hydrogens is 258 g/mol. The topological polar surface area (TPSA) is 43.1 Å². The number of halogens is 1. The fourth-order valence-electron chi connectivity index (χ4n) is 1.47. The molecule has 0 unspecified atom stereocenters. The normalized spacial score (nSPS) is 10.2. The number of non-ortho nitro benzene ring substituents is 1. The third-order valence-electron chi connectivity index (χ3n) is 2.35. The molecule has 0 aromatic heterocycles.